The van der Waals surface area contributed by atoms with E-state index in [1.165, 1.54) is 0 Å². The zero-order chi connectivity index (χ0) is 10.9. The Balaban J connectivity index is 2.21. The molecule has 0 aromatic heterocycles. The lowest BCUT2D eigenvalue weighted by atomic mass is 9.90. The molecule has 84 valence electrons. The molecule has 2 N–H and O–H groups in total. The SMILES string of the molecule is O=C1NC2(CCCCCC2)C(=O)N1CO. The van der Waals surface area contributed by atoms with E-state index in [-0.39, 0.29) is 5.91 Å². The van der Waals surface area contributed by atoms with Crippen LogP contribution in [0.25, 0.3) is 0 Å². The number of carbonyl (C=O) groups is 2. The third kappa shape index (κ3) is 1.61. The molecule has 0 atom stereocenters. The van der Waals surface area contributed by atoms with Gasteiger partial charge in [0.15, 0.2) is 0 Å². The Hall–Kier alpha value is -1.10. The first-order chi connectivity index (χ1) is 7.19. The first-order valence-electron chi connectivity index (χ1n) is 5.45. The molecule has 0 aromatic carbocycles. The van der Waals surface area contributed by atoms with E-state index >= 15 is 0 Å². The smallest absolute Gasteiger partial charge is 0.326 e. The summed E-state index contributed by atoms with van der Waals surface area (Å²) >= 11 is 0. The normalized spacial score (nSPS) is 25.5. The van der Waals surface area contributed by atoms with E-state index in [1.807, 2.05) is 0 Å². The van der Waals surface area contributed by atoms with Crippen LogP contribution in [0.15, 0.2) is 0 Å². The molecule has 2 aliphatic rings. The highest BCUT2D eigenvalue weighted by Crippen LogP contribution is 2.32. The predicted molar refractivity (Wildman–Crippen MR) is 52.9 cm³/mol. The second-order valence-electron chi connectivity index (χ2n) is 4.30. The van der Waals surface area contributed by atoms with Gasteiger partial charge in [-0.15, -0.1) is 0 Å². The van der Waals surface area contributed by atoms with E-state index in [0.29, 0.717) is 12.8 Å². The summed E-state index contributed by atoms with van der Waals surface area (Å²) in [5.41, 5.74) is -0.712. The van der Waals surface area contributed by atoms with Gasteiger partial charge in [0.05, 0.1) is 0 Å². The average Bonchev–Trinajstić information content (AvgIpc) is 2.42. The lowest BCUT2D eigenvalue weighted by Crippen LogP contribution is -2.46. The van der Waals surface area contributed by atoms with Gasteiger partial charge in [0.2, 0.25) is 0 Å². The minimum absolute atomic E-state index is 0.253. The molecular weight excluding hydrogens is 196 g/mol. The van der Waals surface area contributed by atoms with E-state index in [2.05, 4.69) is 5.32 Å². The number of nitrogens with one attached hydrogen (secondary N) is 1. The molecule has 5 heteroatoms. The van der Waals surface area contributed by atoms with Gasteiger partial charge in [-0.1, -0.05) is 25.7 Å². The summed E-state index contributed by atoms with van der Waals surface area (Å²) in [6, 6.07) is -0.454. The van der Waals surface area contributed by atoms with E-state index < -0.39 is 18.3 Å². The highest BCUT2D eigenvalue weighted by Gasteiger charge is 2.50. The van der Waals surface area contributed by atoms with Gasteiger partial charge in [-0.2, -0.15) is 0 Å². The van der Waals surface area contributed by atoms with E-state index in [0.717, 1.165) is 30.6 Å². The fraction of sp³-hybridized carbons (Fsp3) is 0.800. The molecule has 1 saturated carbocycles. The second kappa shape index (κ2) is 3.81. The van der Waals surface area contributed by atoms with Crippen LogP contribution in [0.2, 0.25) is 0 Å². The minimum Gasteiger partial charge on any atom is -0.376 e. The van der Waals surface area contributed by atoms with E-state index in [9.17, 15) is 9.59 Å². The van der Waals surface area contributed by atoms with Crippen LogP contribution in [0.1, 0.15) is 38.5 Å². The predicted octanol–water partition coefficient (Wildman–Crippen LogP) is 0.581. The van der Waals surface area contributed by atoms with Gasteiger partial charge in [0.25, 0.3) is 5.91 Å². The molecule has 3 amide bonds. The number of amides is 3. The van der Waals surface area contributed by atoms with Gasteiger partial charge in [-0.05, 0) is 12.8 Å². The van der Waals surface area contributed by atoms with Gasteiger partial charge in [-0.3, -0.25) is 4.79 Å². The summed E-state index contributed by atoms with van der Waals surface area (Å²) in [6.07, 6.45) is 5.56. The Morgan fingerprint density at radius 1 is 1.20 bits per heavy atom. The Labute approximate surface area is 88.4 Å². The fourth-order valence-corrected chi connectivity index (χ4v) is 2.48. The topological polar surface area (TPSA) is 69.6 Å². The highest BCUT2D eigenvalue weighted by atomic mass is 16.3. The van der Waals surface area contributed by atoms with Crippen molar-refractivity contribution in [3.05, 3.63) is 0 Å². The maximum atomic E-state index is 12.0. The van der Waals surface area contributed by atoms with Crippen molar-refractivity contribution in [2.24, 2.45) is 0 Å². The fourth-order valence-electron chi connectivity index (χ4n) is 2.48. The van der Waals surface area contributed by atoms with Gasteiger partial charge in [-0.25, -0.2) is 9.69 Å². The Bertz CT molecular complexity index is 282. The minimum atomic E-state index is -0.712. The zero-order valence-corrected chi connectivity index (χ0v) is 8.66. The summed E-state index contributed by atoms with van der Waals surface area (Å²) in [7, 11) is 0. The molecule has 1 aliphatic heterocycles. The molecule has 0 bridgehead atoms. The van der Waals surface area contributed by atoms with Crippen molar-refractivity contribution in [1.29, 1.82) is 0 Å². The maximum absolute atomic E-state index is 12.0. The second-order valence-corrected chi connectivity index (χ2v) is 4.30. The third-order valence-electron chi connectivity index (χ3n) is 3.34. The number of hydrogen-bond acceptors (Lipinski definition) is 3. The molecule has 0 unspecified atom stereocenters. The lowest BCUT2D eigenvalue weighted by molar-refractivity contribution is -0.134. The largest absolute Gasteiger partial charge is 0.376 e. The summed E-state index contributed by atoms with van der Waals surface area (Å²) < 4.78 is 0. The molecule has 1 saturated heterocycles. The highest BCUT2D eigenvalue weighted by molar-refractivity contribution is 6.06. The number of urea groups is 1. The third-order valence-corrected chi connectivity index (χ3v) is 3.34. The van der Waals surface area contributed by atoms with Gasteiger partial charge in [0, 0.05) is 0 Å². The number of hydrogen-bond donors (Lipinski definition) is 2. The van der Waals surface area contributed by atoms with Crippen LogP contribution in [-0.2, 0) is 4.79 Å². The van der Waals surface area contributed by atoms with Crippen molar-refractivity contribution in [3.8, 4) is 0 Å². The summed E-state index contributed by atoms with van der Waals surface area (Å²) in [5.74, 6) is -0.253. The molecule has 1 spiro atoms. The van der Waals surface area contributed by atoms with Crippen LogP contribution in [0, 0.1) is 0 Å². The number of aliphatic hydroxyl groups is 1. The number of nitrogens with zero attached hydrogens (tertiary/aromatic N) is 1. The molecule has 0 radical (unpaired) electrons. The van der Waals surface area contributed by atoms with Crippen LogP contribution < -0.4 is 5.32 Å². The summed E-state index contributed by atoms with van der Waals surface area (Å²) in [5, 5.41) is 11.7. The van der Waals surface area contributed by atoms with Crippen LogP contribution in [0.4, 0.5) is 4.79 Å². The maximum Gasteiger partial charge on any atom is 0.326 e. The number of rotatable bonds is 1. The monoisotopic (exact) mass is 212 g/mol. The van der Waals surface area contributed by atoms with Gasteiger partial charge >= 0.3 is 6.03 Å². The summed E-state index contributed by atoms with van der Waals surface area (Å²) in [4.78, 5) is 24.3. The van der Waals surface area contributed by atoms with Crippen LogP contribution in [-0.4, -0.2) is 34.2 Å². The van der Waals surface area contributed by atoms with Crippen LogP contribution >= 0.6 is 0 Å². The quantitative estimate of drug-likeness (QED) is 0.625. The molecule has 0 aromatic rings. The van der Waals surface area contributed by atoms with Crippen molar-refractivity contribution in [2.45, 2.75) is 44.1 Å². The Kier molecular flexibility index (Phi) is 2.65. The van der Waals surface area contributed by atoms with Crippen molar-refractivity contribution in [2.75, 3.05) is 6.73 Å². The van der Waals surface area contributed by atoms with Crippen LogP contribution in [0.5, 0.6) is 0 Å². The first kappa shape index (κ1) is 10.4. The number of aliphatic hydroxyl groups excluding tert-OH is 1. The molecule has 5 nitrogen and oxygen atoms in total. The standard InChI is InChI=1S/C10H16N2O3/c13-7-12-8(14)10(11-9(12)15)5-3-1-2-4-6-10/h13H,1-7H2,(H,11,15). The van der Waals surface area contributed by atoms with E-state index in [1.54, 1.807) is 0 Å². The molecule has 1 heterocycles. The molecule has 1 aliphatic carbocycles. The number of imide groups is 1. The molecule has 15 heavy (non-hydrogen) atoms. The van der Waals surface area contributed by atoms with Crippen molar-refractivity contribution >= 4 is 11.9 Å². The molecule has 2 fully saturated rings. The van der Waals surface area contributed by atoms with E-state index in [4.69, 9.17) is 5.11 Å². The van der Waals surface area contributed by atoms with Crippen molar-refractivity contribution in [1.82, 2.24) is 10.2 Å². The van der Waals surface area contributed by atoms with Gasteiger partial charge < -0.3 is 10.4 Å². The first-order valence-corrected chi connectivity index (χ1v) is 5.45. The molecule has 2 rings (SSSR count). The zero-order valence-electron chi connectivity index (χ0n) is 8.66. The Morgan fingerprint density at radius 3 is 2.27 bits per heavy atom. The Morgan fingerprint density at radius 2 is 1.80 bits per heavy atom. The van der Waals surface area contributed by atoms with Crippen molar-refractivity contribution < 1.29 is 14.7 Å². The molecular formula is C10H16N2O3. The van der Waals surface area contributed by atoms with Gasteiger partial charge in [0.1, 0.15) is 12.3 Å². The number of carbonyl (C=O) groups excluding carboxylic acids is 2. The summed E-state index contributed by atoms with van der Waals surface area (Å²) in [6.45, 7) is -0.521. The lowest BCUT2D eigenvalue weighted by Gasteiger charge is -2.24. The van der Waals surface area contributed by atoms with Crippen LogP contribution in [0.3, 0.4) is 0 Å². The van der Waals surface area contributed by atoms with Crippen molar-refractivity contribution in [3.63, 3.8) is 0 Å². The average molecular weight is 212 g/mol.